The summed E-state index contributed by atoms with van der Waals surface area (Å²) in [7, 11) is 0. The molecule has 0 saturated heterocycles. The summed E-state index contributed by atoms with van der Waals surface area (Å²) >= 11 is 8.88. The van der Waals surface area contributed by atoms with E-state index in [1.165, 1.54) is 6.42 Å². The highest BCUT2D eigenvalue weighted by molar-refractivity contribution is 9.11. The summed E-state index contributed by atoms with van der Waals surface area (Å²) in [6.45, 7) is 5.45. The fourth-order valence-corrected chi connectivity index (χ4v) is 3.81. The SMILES string of the molecule is CC(C)CC1CN=C(Nc2cc(Br)ccc2Br)S1. The molecule has 0 amide bonds. The van der Waals surface area contributed by atoms with E-state index in [4.69, 9.17) is 0 Å². The van der Waals surface area contributed by atoms with Crippen molar-refractivity contribution in [2.45, 2.75) is 25.5 Å². The summed E-state index contributed by atoms with van der Waals surface area (Å²) < 4.78 is 2.12. The molecule has 2 nitrogen and oxygen atoms in total. The van der Waals surface area contributed by atoms with E-state index < -0.39 is 0 Å². The predicted octanol–water partition coefficient (Wildman–Crippen LogP) is 5.14. The van der Waals surface area contributed by atoms with Gasteiger partial charge in [-0.15, -0.1) is 0 Å². The van der Waals surface area contributed by atoms with Crippen molar-refractivity contribution in [1.29, 1.82) is 0 Å². The lowest BCUT2D eigenvalue weighted by Crippen LogP contribution is -2.10. The van der Waals surface area contributed by atoms with Gasteiger partial charge in [0.1, 0.15) is 0 Å². The molecule has 0 fully saturated rings. The van der Waals surface area contributed by atoms with Crippen LogP contribution in [-0.4, -0.2) is 17.0 Å². The zero-order valence-corrected chi connectivity index (χ0v) is 14.4. The Kier molecular flexibility index (Phi) is 5.15. The Morgan fingerprint density at radius 3 is 2.94 bits per heavy atom. The molecular weight excluding hydrogens is 376 g/mol. The molecule has 1 N–H and O–H groups in total. The summed E-state index contributed by atoms with van der Waals surface area (Å²) in [5.41, 5.74) is 1.06. The average molecular weight is 392 g/mol. The van der Waals surface area contributed by atoms with E-state index in [1.54, 1.807) is 0 Å². The highest BCUT2D eigenvalue weighted by Crippen LogP contribution is 2.31. The number of hydrogen-bond donors (Lipinski definition) is 1. The topological polar surface area (TPSA) is 24.4 Å². The number of anilines is 1. The van der Waals surface area contributed by atoms with Gasteiger partial charge in [0.15, 0.2) is 5.17 Å². The molecular formula is C13H16Br2N2S. The van der Waals surface area contributed by atoms with Gasteiger partial charge >= 0.3 is 0 Å². The molecule has 0 aliphatic carbocycles. The highest BCUT2D eigenvalue weighted by Gasteiger charge is 2.21. The van der Waals surface area contributed by atoms with Gasteiger partial charge in [0, 0.05) is 14.2 Å². The summed E-state index contributed by atoms with van der Waals surface area (Å²) in [5.74, 6) is 0.731. The number of aliphatic imine (C=N–C) groups is 1. The standard InChI is InChI=1S/C13H16Br2N2S/c1-8(2)5-10-7-16-13(18-10)17-12-6-9(14)3-4-11(12)15/h3-4,6,8,10H,5,7H2,1-2H3,(H,16,17). The summed E-state index contributed by atoms with van der Waals surface area (Å²) in [4.78, 5) is 4.57. The molecule has 0 saturated carbocycles. The molecule has 0 bridgehead atoms. The van der Waals surface area contributed by atoms with E-state index in [9.17, 15) is 0 Å². The molecule has 1 aromatic rings. The summed E-state index contributed by atoms with van der Waals surface area (Å²) in [5, 5.41) is 5.04. The maximum atomic E-state index is 4.57. The van der Waals surface area contributed by atoms with Gasteiger partial charge < -0.3 is 5.32 Å². The molecule has 5 heteroatoms. The second kappa shape index (κ2) is 6.44. The Morgan fingerprint density at radius 1 is 1.44 bits per heavy atom. The van der Waals surface area contributed by atoms with E-state index in [1.807, 2.05) is 23.9 Å². The first kappa shape index (κ1) is 14.4. The first-order valence-corrected chi connectivity index (χ1v) is 8.44. The smallest absolute Gasteiger partial charge is 0.161 e. The van der Waals surface area contributed by atoms with Crippen molar-refractivity contribution in [3.63, 3.8) is 0 Å². The molecule has 1 aliphatic rings. The van der Waals surface area contributed by atoms with Crippen LogP contribution in [0, 0.1) is 5.92 Å². The molecule has 1 aromatic carbocycles. The van der Waals surface area contributed by atoms with Crippen LogP contribution in [-0.2, 0) is 0 Å². The number of benzene rings is 1. The number of hydrogen-bond acceptors (Lipinski definition) is 3. The van der Waals surface area contributed by atoms with Crippen LogP contribution in [0.4, 0.5) is 5.69 Å². The van der Waals surface area contributed by atoms with Gasteiger partial charge in [-0.05, 0) is 46.5 Å². The van der Waals surface area contributed by atoms with Gasteiger partial charge in [-0.3, -0.25) is 4.99 Å². The number of nitrogens with zero attached hydrogens (tertiary/aromatic N) is 1. The monoisotopic (exact) mass is 390 g/mol. The first-order chi connectivity index (χ1) is 8.54. The minimum absolute atomic E-state index is 0.624. The molecule has 1 unspecified atom stereocenters. The van der Waals surface area contributed by atoms with E-state index in [0.29, 0.717) is 5.25 Å². The number of thioether (sulfide) groups is 1. The molecule has 0 radical (unpaired) electrons. The Balaban J connectivity index is 1.97. The number of rotatable bonds is 3. The maximum Gasteiger partial charge on any atom is 0.161 e. The molecule has 1 aliphatic heterocycles. The van der Waals surface area contributed by atoms with Crippen LogP contribution in [0.25, 0.3) is 0 Å². The van der Waals surface area contributed by atoms with E-state index >= 15 is 0 Å². The Labute approximate surface area is 129 Å². The quantitative estimate of drug-likeness (QED) is 0.771. The number of amidine groups is 1. The molecule has 0 spiro atoms. The number of nitrogens with one attached hydrogen (secondary N) is 1. The molecule has 2 rings (SSSR count). The van der Waals surface area contributed by atoms with Crippen LogP contribution in [0.2, 0.25) is 0 Å². The zero-order valence-electron chi connectivity index (χ0n) is 10.4. The molecule has 1 atom stereocenters. The molecule has 98 valence electrons. The van der Waals surface area contributed by atoms with Crippen molar-refractivity contribution in [2.75, 3.05) is 11.9 Å². The second-order valence-corrected chi connectivity index (χ2v) is 7.82. The van der Waals surface area contributed by atoms with Crippen molar-refractivity contribution < 1.29 is 0 Å². The van der Waals surface area contributed by atoms with E-state index in [2.05, 4.69) is 62.1 Å². The summed E-state index contributed by atoms with van der Waals surface area (Å²) in [6.07, 6.45) is 1.22. The minimum atomic E-state index is 0.624. The minimum Gasteiger partial charge on any atom is -0.334 e. The normalized spacial score (nSPS) is 19.2. The largest absolute Gasteiger partial charge is 0.334 e. The lowest BCUT2D eigenvalue weighted by molar-refractivity contribution is 0.575. The van der Waals surface area contributed by atoms with Crippen LogP contribution >= 0.6 is 43.6 Å². The van der Waals surface area contributed by atoms with Gasteiger partial charge in [0.05, 0.1) is 12.2 Å². The molecule has 0 aromatic heterocycles. The van der Waals surface area contributed by atoms with Crippen LogP contribution < -0.4 is 5.32 Å². The zero-order chi connectivity index (χ0) is 13.1. The number of halogens is 2. The van der Waals surface area contributed by atoms with Crippen LogP contribution in [0.5, 0.6) is 0 Å². The third kappa shape index (κ3) is 4.00. The lowest BCUT2D eigenvalue weighted by atomic mass is 10.1. The molecule has 1 heterocycles. The van der Waals surface area contributed by atoms with Gasteiger partial charge in [-0.25, -0.2) is 0 Å². The fraction of sp³-hybridized carbons (Fsp3) is 0.462. The van der Waals surface area contributed by atoms with Gasteiger partial charge in [-0.1, -0.05) is 41.5 Å². The van der Waals surface area contributed by atoms with Gasteiger partial charge in [-0.2, -0.15) is 0 Å². The van der Waals surface area contributed by atoms with Crippen molar-refractivity contribution in [1.82, 2.24) is 0 Å². The van der Waals surface area contributed by atoms with Crippen LogP contribution in [0.3, 0.4) is 0 Å². The van der Waals surface area contributed by atoms with Crippen molar-refractivity contribution >= 4 is 54.5 Å². The Bertz CT molecular complexity index is 460. The van der Waals surface area contributed by atoms with Crippen molar-refractivity contribution in [3.8, 4) is 0 Å². The third-order valence-electron chi connectivity index (χ3n) is 2.62. The van der Waals surface area contributed by atoms with Crippen molar-refractivity contribution in [3.05, 3.63) is 27.1 Å². The predicted molar refractivity (Wildman–Crippen MR) is 88.6 cm³/mol. The molecule has 18 heavy (non-hydrogen) atoms. The van der Waals surface area contributed by atoms with E-state index in [0.717, 1.165) is 32.3 Å². The lowest BCUT2D eigenvalue weighted by Gasteiger charge is -2.12. The second-order valence-electron chi connectivity index (χ2n) is 4.76. The first-order valence-electron chi connectivity index (χ1n) is 5.98. The summed E-state index contributed by atoms with van der Waals surface area (Å²) in [6, 6.07) is 6.10. The fourth-order valence-electron chi connectivity index (χ4n) is 1.84. The van der Waals surface area contributed by atoms with Gasteiger partial charge in [0.25, 0.3) is 0 Å². The van der Waals surface area contributed by atoms with Crippen LogP contribution in [0.15, 0.2) is 32.1 Å². The Morgan fingerprint density at radius 2 is 2.22 bits per heavy atom. The highest BCUT2D eigenvalue weighted by atomic mass is 79.9. The van der Waals surface area contributed by atoms with Crippen LogP contribution in [0.1, 0.15) is 20.3 Å². The average Bonchev–Trinajstić information content (AvgIpc) is 2.70. The maximum absolute atomic E-state index is 4.57. The van der Waals surface area contributed by atoms with Gasteiger partial charge in [0.2, 0.25) is 0 Å². The van der Waals surface area contributed by atoms with E-state index in [-0.39, 0.29) is 0 Å². The Hall–Kier alpha value is -0.000000000000000111. The third-order valence-corrected chi connectivity index (χ3v) is 4.94. The van der Waals surface area contributed by atoms with Crippen molar-refractivity contribution in [2.24, 2.45) is 10.9 Å².